The SMILES string of the molecule is CC1(C)OC2CCC(Sc3ccc(Cl)cc3)C2O1.Clc1ncnc2[nH]ccc12. The molecule has 1 saturated carbocycles. The maximum atomic E-state index is 6.01. The molecule has 28 heavy (non-hydrogen) atoms. The Bertz CT molecular complexity index is 948. The molecule has 1 aliphatic heterocycles. The molecule has 0 spiro atoms. The number of hydrogen-bond donors (Lipinski definition) is 1. The zero-order valence-corrected chi connectivity index (χ0v) is 17.9. The number of aromatic nitrogens is 3. The molecule has 1 saturated heterocycles. The normalized spacial score (nSPS) is 25.4. The lowest BCUT2D eigenvalue weighted by Gasteiger charge is -2.21. The maximum absolute atomic E-state index is 6.01. The first-order valence-corrected chi connectivity index (χ1v) is 10.8. The van der Waals surface area contributed by atoms with Crippen molar-refractivity contribution in [3.8, 4) is 0 Å². The predicted octanol–water partition coefficient (Wildman–Crippen LogP) is 5.73. The Morgan fingerprint density at radius 2 is 1.86 bits per heavy atom. The molecule has 5 rings (SSSR count). The smallest absolute Gasteiger partial charge is 0.163 e. The highest BCUT2D eigenvalue weighted by Gasteiger charge is 2.49. The summed E-state index contributed by atoms with van der Waals surface area (Å²) in [5, 5.41) is 2.62. The largest absolute Gasteiger partial charge is 0.346 e. The predicted molar refractivity (Wildman–Crippen MR) is 113 cm³/mol. The summed E-state index contributed by atoms with van der Waals surface area (Å²) in [5.41, 5.74) is 0.778. The number of rotatable bonds is 2. The molecule has 2 aromatic heterocycles. The van der Waals surface area contributed by atoms with Crippen LogP contribution >= 0.6 is 35.0 Å². The Hall–Kier alpha value is -1.31. The van der Waals surface area contributed by atoms with Crippen LogP contribution in [0.2, 0.25) is 10.2 Å². The second-order valence-corrected chi connectivity index (χ2v) is 9.34. The number of halogens is 2. The van der Waals surface area contributed by atoms with Crippen molar-refractivity contribution >= 4 is 46.0 Å². The lowest BCUT2D eigenvalue weighted by atomic mass is 10.3. The number of nitrogens with one attached hydrogen (secondary N) is 1. The zero-order chi connectivity index (χ0) is 19.7. The van der Waals surface area contributed by atoms with Gasteiger partial charge in [0.2, 0.25) is 0 Å². The molecule has 148 valence electrons. The highest BCUT2D eigenvalue weighted by molar-refractivity contribution is 8.00. The minimum atomic E-state index is -0.422. The van der Waals surface area contributed by atoms with E-state index < -0.39 is 5.79 Å². The number of nitrogens with zero attached hydrogens (tertiary/aromatic N) is 2. The van der Waals surface area contributed by atoms with Gasteiger partial charge in [-0.05, 0) is 57.0 Å². The van der Waals surface area contributed by atoms with Gasteiger partial charge in [0, 0.05) is 21.4 Å². The summed E-state index contributed by atoms with van der Waals surface area (Å²) in [5.74, 6) is -0.422. The van der Waals surface area contributed by atoms with Gasteiger partial charge in [0.05, 0.1) is 17.6 Å². The van der Waals surface area contributed by atoms with E-state index in [0.29, 0.717) is 10.4 Å². The van der Waals surface area contributed by atoms with Crippen LogP contribution in [0.4, 0.5) is 0 Å². The molecule has 0 bridgehead atoms. The van der Waals surface area contributed by atoms with Crippen LogP contribution in [0.25, 0.3) is 11.0 Å². The molecule has 3 atom stereocenters. The van der Waals surface area contributed by atoms with Crippen LogP contribution in [0, 0.1) is 0 Å². The van der Waals surface area contributed by atoms with Gasteiger partial charge in [-0.3, -0.25) is 0 Å². The molecule has 1 aromatic carbocycles. The Morgan fingerprint density at radius 3 is 2.61 bits per heavy atom. The molecule has 3 aromatic rings. The van der Waals surface area contributed by atoms with E-state index in [0.717, 1.165) is 28.9 Å². The van der Waals surface area contributed by atoms with Gasteiger partial charge in [-0.15, -0.1) is 11.8 Å². The summed E-state index contributed by atoms with van der Waals surface area (Å²) < 4.78 is 11.9. The van der Waals surface area contributed by atoms with Gasteiger partial charge in [0.25, 0.3) is 0 Å². The summed E-state index contributed by atoms with van der Waals surface area (Å²) in [6.45, 7) is 3.99. The minimum absolute atomic E-state index is 0.223. The summed E-state index contributed by atoms with van der Waals surface area (Å²) >= 11 is 13.5. The second-order valence-electron chi connectivity index (χ2n) is 7.23. The highest BCUT2D eigenvalue weighted by Crippen LogP contribution is 2.44. The first-order valence-electron chi connectivity index (χ1n) is 9.13. The van der Waals surface area contributed by atoms with E-state index in [1.165, 1.54) is 11.2 Å². The average molecular weight is 438 g/mol. The van der Waals surface area contributed by atoms with E-state index in [1.54, 1.807) is 6.20 Å². The van der Waals surface area contributed by atoms with E-state index in [9.17, 15) is 0 Å². The monoisotopic (exact) mass is 437 g/mol. The van der Waals surface area contributed by atoms with Crippen LogP contribution in [0.3, 0.4) is 0 Å². The molecule has 8 heteroatoms. The summed E-state index contributed by atoms with van der Waals surface area (Å²) in [7, 11) is 0. The third-order valence-corrected chi connectivity index (χ3v) is 6.63. The lowest BCUT2D eigenvalue weighted by Crippen LogP contribution is -2.26. The Balaban J connectivity index is 0.000000162. The van der Waals surface area contributed by atoms with Gasteiger partial charge in [0.15, 0.2) is 5.79 Å². The molecule has 3 unspecified atom stereocenters. The Morgan fingerprint density at radius 1 is 1.07 bits per heavy atom. The molecular weight excluding hydrogens is 417 g/mol. The standard InChI is InChI=1S/C14H17ClO2S.C6H4ClN3/c1-14(2)16-11-7-8-12(13(11)17-14)18-10-5-3-9(15)4-6-10;7-5-4-1-2-8-6(4)10-3-9-5/h3-6,11-13H,7-8H2,1-2H3;1-3H,(H,8,9,10). The van der Waals surface area contributed by atoms with Crippen molar-refractivity contribution < 1.29 is 9.47 Å². The number of H-pyrrole nitrogens is 1. The van der Waals surface area contributed by atoms with Gasteiger partial charge in [-0.1, -0.05) is 23.2 Å². The fourth-order valence-electron chi connectivity index (χ4n) is 3.55. The van der Waals surface area contributed by atoms with Crippen LogP contribution in [0.5, 0.6) is 0 Å². The number of ether oxygens (including phenoxy) is 2. The first-order chi connectivity index (χ1) is 13.4. The number of aromatic amines is 1. The molecule has 3 heterocycles. The van der Waals surface area contributed by atoms with Gasteiger partial charge >= 0.3 is 0 Å². The second kappa shape index (κ2) is 8.20. The van der Waals surface area contributed by atoms with Crippen molar-refractivity contribution in [2.75, 3.05) is 0 Å². The third-order valence-electron chi connectivity index (χ3n) is 4.73. The minimum Gasteiger partial charge on any atom is -0.346 e. The average Bonchev–Trinajstić information content (AvgIpc) is 3.33. The number of hydrogen-bond acceptors (Lipinski definition) is 5. The molecule has 1 N–H and O–H groups in total. The zero-order valence-electron chi connectivity index (χ0n) is 15.6. The first kappa shape index (κ1) is 20.0. The fraction of sp³-hybridized carbons (Fsp3) is 0.400. The summed E-state index contributed by atoms with van der Waals surface area (Å²) in [6.07, 6.45) is 5.95. The molecule has 2 aliphatic rings. The van der Waals surface area contributed by atoms with Gasteiger partial charge in [-0.2, -0.15) is 0 Å². The van der Waals surface area contributed by atoms with Gasteiger partial charge in [0.1, 0.15) is 17.1 Å². The lowest BCUT2D eigenvalue weighted by molar-refractivity contribution is -0.150. The molecule has 0 amide bonds. The van der Waals surface area contributed by atoms with E-state index in [4.69, 9.17) is 32.7 Å². The van der Waals surface area contributed by atoms with Crippen LogP contribution in [-0.2, 0) is 9.47 Å². The molecule has 0 radical (unpaired) electrons. The number of benzene rings is 1. The van der Waals surface area contributed by atoms with Crippen LogP contribution in [0.1, 0.15) is 26.7 Å². The number of fused-ring (bicyclic) bond motifs is 2. The maximum Gasteiger partial charge on any atom is 0.163 e. The van der Waals surface area contributed by atoms with E-state index in [1.807, 2.05) is 43.8 Å². The van der Waals surface area contributed by atoms with Crippen molar-refractivity contribution in [3.63, 3.8) is 0 Å². The quantitative estimate of drug-likeness (QED) is 0.518. The number of thioether (sulfide) groups is 1. The van der Waals surface area contributed by atoms with Crippen molar-refractivity contribution in [2.45, 2.75) is 54.8 Å². The summed E-state index contributed by atoms with van der Waals surface area (Å²) in [4.78, 5) is 11.9. The van der Waals surface area contributed by atoms with Crippen molar-refractivity contribution in [1.82, 2.24) is 15.0 Å². The van der Waals surface area contributed by atoms with Crippen molar-refractivity contribution in [1.29, 1.82) is 0 Å². The Labute approximate surface area is 178 Å². The molecule has 1 aliphatic carbocycles. The van der Waals surface area contributed by atoms with Crippen molar-refractivity contribution in [2.24, 2.45) is 0 Å². The van der Waals surface area contributed by atoms with Crippen molar-refractivity contribution in [3.05, 3.63) is 53.0 Å². The van der Waals surface area contributed by atoms with E-state index in [2.05, 4.69) is 27.1 Å². The van der Waals surface area contributed by atoms with Crippen LogP contribution in [-0.4, -0.2) is 38.2 Å². The van der Waals surface area contributed by atoms with Gasteiger partial charge < -0.3 is 14.5 Å². The Kier molecular flexibility index (Phi) is 5.86. The topological polar surface area (TPSA) is 60.0 Å². The fourth-order valence-corrected chi connectivity index (χ4v) is 5.13. The molecule has 2 fully saturated rings. The summed E-state index contributed by atoms with van der Waals surface area (Å²) in [6, 6.07) is 9.86. The molecular formula is C20H21Cl2N3O2S. The van der Waals surface area contributed by atoms with E-state index in [-0.39, 0.29) is 12.2 Å². The van der Waals surface area contributed by atoms with Crippen LogP contribution in [0.15, 0.2) is 47.8 Å². The van der Waals surface area contributed by atoms with Crippen LogP contribution < -0.4 is 0 Å². The van der Waals surface area contributed by atoms with Gasteiger partial charge in [-0.25, -0.2) is 9.97 Å². The highest BCUT2D eigenvalue weighted by atomic mass is 35.5. The molecule has 5 nitrogen and oxygen atoms in total. The third kappa shape index (κ3) is 4.47. The van der Waals surface area contributed by atoms with E-state index >= 15 is 0 Å².